The third-order valence-corrected chi connectivity index (χ3v) is 3.91. The smallest absolute Gasteiger partial charge is 0.387 e. The summed E-state index contributed by atoms with van der Waals surface area (Å²) in [6.07, 6.45) is 3.95. The van der Waals surface area contributed by atoms with Crippen molar-refractivity contribution < 1.29 is 23.0 Å². The van der Waals surface area contributed by atoms with Gasteiger partial charge >= 0.3 is 6.61 Å². The van der Waals surface area contributed by atoms with Crippen LogP contribution in [0.15, 0.2) is 18.2 Å². The number of aliphatic hydroxyl groups is 1. The zero-order valence-corrected chi connectivity index (χ0v) is 11.7. The minimum absolute atomic E-state index is 0.240. The lowest BCUT2D eigenvalue weighted by Gasteiger charge is -2.28. The maximum atomic E-state index is 13.6. The number of aliphatic hydroxyl groups excluding tert-OH is 1. The Morgan fingerprint density at radius 1 is 1.24 bits per heavy atom. The average molecular weight is 303 g/mol. The Kier molecular flexibility index (Phi) is 5.87. The number of benzene rings is 1. The summed E-state index contributed by atoms with van der Waals surface area (Å²) in [5.41, 5.74) is 0.693. The summed E-state index contributed by atoms with van der Waals surface area (Å²) in [4.78, 5) is 0. The summed E-state index contributed by atoms with van der Waals surface area (Å²) in [5.74, 6) is -0.818. The van der Waals surface area contributed by atoms with Gasteiger partial charge in [0, 0.05) is 19.2 Å². The van der Waals surface area contributed by atoms with E-state index in [0.717, 1.165) is 25.7 Å². The molecule has 0 unspecified atom stereocenters. The lowest BCUT2D eigenvalue weighted by molar-refractivity contribution is -0.0522. The Hall–Kier alpha value is -1.27. The normalized spacial score (nSPS) is 22.5. The summed E-state index contributed by atoms with van der Waals surface area (Å²) in [6, 6.07) is 4.37. The van der Waals surface area contributed by atoms with Crippen LogP contribution in [0.5, 0.6) is 5.75 Å². The van der Waals surface area contributed by atoms with Crippen LogP contribution in [-0.2, 0) is 6.54 Å². The standard InChI is InChI=1S/C15H20F3NO2/c16-13-7-11(3-6-14(13)21-15(17)18)8-19-12-4-1-10(9-20)2-5-12/h3,6-7,10,12,15,19-20H,1-2,4-5,8-9H2. The van der Waals surface area contributed by atoms with E-state index in [9.17, 15) is 13.2 Å². The van der Waals surface area contributed by atoms with E-state index >= 15 is 0 Å². The summed E-state index contributed by atoms with van der Waals surface area (Å²) in [5, 5.41) is 12.4. The number of hydrogen-bond acceptors (Lipinski definition) is 3. The molecule has 2 N–H and O–H groups in total. The lowest BCUT2D eigenvalue weighted by Crippen LogP contribution is -2.33. The highest BCUT2D eigenvalue weighted by Crippen LogP contribution is 2.24. The molecule has 0 aromatic heterocycles. The monoisotopic (exact) mass is 303 g/mol. The van der Waals surface area contributed by atoms with Crippen molar-refractivity contribution in [2.24, 2.45) is 5.92 Å². The average Bonchev–Trinajstić information content (AvgIpc) is 2.48. The van der Waals surface area contributed by atoms with Crippen LogP contribution in [0.2, 0.25) is 0 Å². The second kappa shape index (κ2) is 7.66. The van der Waals surface area contributed by atoms with Crippen LogP contribution < -0.4 is 10.1 Å². The molecule has 21 heavy (non-hydrogen) atoms. The maximum Gasteiger partial charge on any atom is 0.387 e. The van der Waals surface area contributed by atoms with Crippen molar-refractivity contribution in [2.45, 2.75) is 44.9 Å². The number of hydrogen-bond donors (Lipinski definition) is 2. The van der Waals surface area contributed by atoms with Gasteiger partial charge in [0.25, 0.3) is 0 Å². The van der Waals surface area contributed by atoms with Crippen LogP contribution in [0.25, 0.3) is 0 Å². The third kappa shape index (κ3) is 4.89. The van der Waals surface area contributed by atoms with Crippen molar-refractivity contribution in [3.8, 4) is 5.75 Å². The van der Waals surface area contributed by atoms with Crippen molar-refractivity contribution in [1.82, 2.24) is 5.32 Å². The molecule has 0 heterocycles. The van der Waals surface area contributed by atoms with E-state index in [1.54, 1.807) is 6.07 Å². The molecule has 1 aromatic carbocycles. The summed E-state index contributed by atoms with van der Waals surface area (Å²) < 4.78 is 41.7. The fraction of sp³-hybridized carbons (Fsp3) is 0.600. The van der Waals surface area contributed by atoms with Gasteiger partial charge in [-0.05, 0) is 49.3 Å². The Bertz CT molecular complexity index is 449. The van der Waals surface area contributed by atoms with Crippen molar-refractivity contribution in [1.29, 1.82) is 0 Å². The molecule has 1 aromatic rings. The molecule has 0 atom stereocenters. The van der Waals surface area contributed by atoms with Crippen LogP contribution in [0, 0.1) is 11.7 Å². The number of rotatable bonds is 6. The molecule has 0 radical (unpaired) electrons. The van der Waals surface area contributed by atoms with Gasteiger partial charge in [0.05, 0.1) is 0 Å². The van der Waals surface area contributed by atoms with Gasteiger partial charge in [0.1, 0.15) is 0 Å². The topological polar surface area (TPSA) is 41.5 Å². The van der Waals surface area contributed by atoms with Gasteiger partial charge in [-0.3, -0.25) is 0 Å². The zero-order chi connectivity index (χ0) is 15.2. The first-order chi connectivity index (χ1) is 10.1. The fourth-order valence-corrected chi connectivity index (χ4v) is 2.66. The first-order valence-electron chi connectivity index (χ1n) is 7.16. The molecule has 0 spiro atoms. The Morgan fingerprint density at radius 2 is 1.95 bits per heavy atom. The van der Waals surface area contributed by atoms with E-state index in [0.29, 0.717) is 24.1 Å². The number of alkyl halides is 2. The van der Waals surface area contributed by atoms with Crippen LogP contribution in [-0.4, -0.2) is 24.4 Å². The van der Waals surface area contributed by atoms with Gasteiger partial charge in [-0.1, -0.05) is 6.07 Å². The van der Waals surface area contributed by atoms with Gasteiger partial charge < -0.3 is 15.2 Å². The van der Waals surface area contributed by atoms with Gasteiger partial charge in [-0.15, -0.1) is 0 Å². The van der Waals surface area contributed by atoms with Crippen LogP contribution in [0.4, 0.5) is 13.2 Å². The minimum Gasteiger partial charge on any atom is -0.432 e. The minimum atomic E-state index is -3.02. The highest BCUT2D eigenvalue weighted by Gasteiger charge is 2.20. The molecule has 0 aliphatic heterocycles. The molecule has 2 rings (SSSR count). The second-order valence-electron chi connectivity index (χ2n) is 5.42. The van der Waals surface area contributed by atoms with Crippen LogP contribution in [0.3, 0.4) is 0 Å². The van der Waals surface area contributed by atoms with Crippen molar-refractivity contribution in [3.63, 3.8) is 0 Å². The molecule has 6 heteroatoms. The van der Waals surface area contributed by atoms with Crippen LogP contribution >= 0.6 is 0 Å². The highest BCUT2D eigenvalue weighted by molar-refractivity contribution is 5.29. The predicted molar refractivity (Wildman–Crippen MR) is 72.7 cm³/mol. The molecule has 1 aliphatic carbocycles. The van der Waals surface area contributed by atoms with E-state index in [4.69, 9.17) is 5.11 Å². The molecule has 1 saturated carbocycles. The first kappa shape index (κ1) is 16.1. The highest BCUT2D eigenvalue weighted by atomic mass is 19.3. The van der Waals surface area contributed by atoms with Gasteiger partial charge in [-0.2, -0.15) is 8.78 Å². The molecule has 0 amide bonds. The quantitative estimate of drug-likeness (QED) is 0.848. The largest absolute Gasteiger partial charge is 0.432 e. The Morgan fingerprint density at radius 3 is 2.52 bits per heavy atom. The molecule has 3 nitrogen and oxygen atoms in total. The van der Waals surface area contributed by atoms with E-state index < -0.39 is 18.2 Å². The SMILES string of the molecule is OCC1CCC(NCc2ccc(OC(F)F)c(F)c2)CC1. The van der Waals surface area contributed by atoms with E-state index in [2.05, 4.69) is 10.1 Å². The molecular weight excluding hydrogens is 283 g/mol. The number of nitrogens with one attached hydrogen (secondary N) is 1. The Balaban J connectivity index is 1.82. The maximum absolute atomic E-state index is 13.6. The third-order valence-electron chi connectivity index (χ3n) is 3.91. The van der Waals surface area contributed by atoms with Gasteiger partial charge in [0.2, 0.25) is 0 Å². The molecule has 0 saturated heterocycles. The molecule has 1 aliphatic rings. The second-order valence-corrected chi connectivity index (χ2v) is 5.42. The predicted octanol–water partition coefficient (Wildman–Crippen LogP) is 3.07. The molecule has 0 bridgehead atoms. The fourth-order valence-electron chi connectivity index (χ4n) is 2.66. The number of halogens is 3. The Labute approximate surface area is 122 Å². The van der Waals surface area contributed by atoms with Gasteiger partial charge in [-0.25, -0.2) is 4.39 Å². The lowest BCUT2D eigenvalue weighted by atomic mass is 9.86. The van der Waals surface area contributed by atoms with Crippen molar-refractivity contribution >= 4 is 0 Å². The van der Waals surface area contributed by atoms with Gasteiger partial charge in [0.15, 0.2) is 11.6 Å². The van der Waals surface area contributed by atoms with E-state index in [1.807, 2.05) is 0 Å². The first-order valence-corrected chi connectivity index (χ1v) is 7.16. The van der Waals surface area contributed by atoms with Crippen molar-refractivity contribution in [3.05, 3.63) is 29.6 Å². The summed E-state index contributed by atoms with van der Waals surface area (Å²) in [6.45, 7) is -2.30. The molecule has 1 fully saturated rings. The zero-order valence-electron chi connectivity index (χ0n) is 11.7. The van der Waals surface area contributed by atoms with E-state index in [-0.39, 0.29) is 6.61 Å². The molecular formula is C15H20F3NO2. The van der Waals surface area contributed by atoms with Crippen molar-refractivity contribution in [2.75, 3.05) is 6.61 Å². The van der Waals surface area contributed by atoms with Crippen LogP contribution in [0.1, 0.15) is 31.2 Å². The van der Waals surface area contributed by atoms with E-state index in [1.165, 1.54) is 12.1 Å². The number of ether oxygens (including phenoxy) is 1. The summed E-state index contributed by atoms with van der Waals surface area (Å²) >= 11 is 0. The molecule has 118 valence electrons. The summed E-state index contributed by atoms with van der Waals surface area (Å²) in [7, 11) is 0.